The number of thiophene rings is 1. The Morgan fingerprint density at radius 3 is 3.15 bits per heavy atom. The van der Waals surface area contributed by atoms with Crippen molar-refractivity contribution in [3.05, 3.63) is 16.1 Å². The van der Waals surface area contributed by atoms with Gasteiger partial charge in [-0.15, -0.1) is 11.3 Å². The summed E-state index contributed by atoms with van der Waals surface area (Å²) in [4.78, 5) is 4.60. The van der Waals surface area contributed by atoms with Crippen LogP contribution >= 0.6 is 32.0 Å². The molecule has 0 aliphatic carbocycles. The molecule has 0 atom stereocenters. The fourth-order valence-electron chi connectivity index (χ4n) is 1.08. The lowest BCUT2D eigenvalue weighted by atomic mass is 10.3. The van der Waals surface area contributed by atoms with Gasteiger partial charge in [0, 0.05) is 6.54 Å². The van der Waals surface area contributed by atoms with Gasteiger partial charge in [-0.2, -0.15) is 0 Å². The van der Waals surface area contributed by atoms with Crippen molar-refractivity contribution >= 4 is 41.4 Å². The van der Waals surface area contributed by atoms with Crippen LogP contribution in [0.4, 0.5) is 0 Å². The summed E-state index contributed by atoms with van der Waals surface area (Å²) in [6, 6.07) is 2.18. The van der Waals surface area contributed by atoms with Gasteiger partial charge in [-0.05, 0) is 17.9 Å². The van der Waals surface area contributed by atoms with Crippen LogP contribution in [-0.2, 0) is 0 Å². The molecule has 0 N–H and O–H groups in total. The van der Waals surface area contributed by atoms with Gasteiger partial charge < -0.3 is 0 Å². The average Bonchev–Trinajstić information content (AvgIpc) is 2.68. The van der Waals surface area contributed by atoms with Crippen LogP contribution in [0.15, 0.2) is 16.4 Å². The maximum Gasteiger partial charge on any atom is 0.139 e. The van der Waals surface area contributed by atoms with Crippen LogP contribution < -0.4 is 4.67 Å². The summed E-state index contributed by atoms with van der Waals surface area (Å²) in [5.41, 5.74) is 0. The van der Waals surface area contributed by atoms with Gasteiger partial charge in [0.05, 0.1) is 9.40 Å². The highest BCUT2D eigenvalue weighted by atomic mass is 32.9. The zero-order valence-corrected chi connectivity index (χ0v) is 9.90. The first-order valence-electron chi connectivity index (χ1n) is 4.38. The van der Waals surface area contributed by atoms with E-state index in [1.807, 2.05) is 10.3 Å². The Labute approximate surface area is 88.8 Å². The van der Waals surface area contributed by atoms with Gasteiger partial charge in [-0.25, -0.2) is 0 Å². The number of rotatable bonds is 3. The zero-order valence-electron chi connectivity index (χ0n) is 7.45. The van der Waals surface area contributed by atoms with Gasteiger partial charge in [0.25, 0.3) is 0 Å². The highest BCUT2D eigenvalue weighted by Gasteiger charge is 1.99. The summed E-state index contributed by atoms with van der Waals surface area (Å²) < 4.78 is 4.01. The third kappa shape index (κ3) is 2.00. The lowest BCUT2D eigenvalue weighted by molar-refractivity contribution is 0.798. The molecule has 0 radical (unpaired) electrons. The normalized spacial score (nSPS) is 12.8. The van der Waals surface area contributed by atoms with E-state index < -0.39 is 0 Å². The highest BCUT2D eigenvalue weighted by molar-refractivity contribution is 7.72. The molecule has 4 heteroatoms. The van der Waals surface area contributed by atoms with Gasteiger partial charge in [-0.1, -0.05) is 34.0 Å². The summed E-state index contributed by atoms with van der Waals surface area (Å²) in [6.07, 6.45) is 2.43. The minimum atomic E-state index is 0.983. The lowest BCUT2D eigenvalue weighted by Crippen LogP contribution is -1.93. The molecule has 0 aliphatic rings. The monoisotopic (exact) mass is 229 g/mol. The molecule has 0 fully saturated rings. The average molecular weight is 229 g/mol. The molecule has 0 amide bonds. The van der Waals surface area contributed by atoms with Gasteiger partial charge in [-0.3, -0.25) is 4.99 Å². The van der Waals surface area contributed by atoms with Crippen LogP contribution in [0.5, 0.6) is 0 Å². The van der Waals surface area contributed by atoms with Gasteiger partial charge >= 0.3 is 0 Å². The number of hydrogen-bond donors (Lipinski definition) is 0. The molecule has 1 nitrogen and oxygen atoms in total. The van der Waals surface area contributed by atoms with E-state index >= 15 is 0 Å². The molecule has 2 rings (SSSR count). The van der Waals surface area contributed by atoms with E-state index in [1.165, 1.54) is 26.9 Å². The van der Waals surface area contributed by atoms with E-state index in [2.05, 4.69) is 23.4 Å². The maximum atomic E-state index is 4.60. The van der Waals surface area contributed by atoms with Crippen LogP contribution in [-0.4, -0.2) is 6.54 Å². The molecular formula is C9H11NS3. The van der Waals surface area contributed by atoms with Crippen molar-refractivity contribution in [2.45, 2.75) is 19.8 Å². The first kappa shape index (κ1) is 9.37. The lowest BCUT2D eigenvalue weighted by Gasteiger charge is -1.86. The quantitative estimate of drug-likeness (QED) is 0.562. The molecule has 2 aromatic heterocycles. The molecule has 70 valence electrons. The predicted molar refractivity (Wildman–Crippen MR) is 62.9 cm³/mol. The first-order chi connectivity index (χ1) is 6.42. The second-order valence-corrected chi connectivity index (χ2v) is 5.90. The molecule has 0 aliphatic heterocycles. The Balaban J connectivity index is 2.32. The standard InChI is InChI=1S/C9H11NS3/c1-2-3-5-10-9-8-7(12-13-9)4-6-11-8/h4,6H,2-3,5H2,1H3. The van der Waals surface area contributed by atoms with Crippen molar-refractivity contribution in [3.8, 4) is 0 Å². The van der Waals surface area contributed by atoms with E-state index in [4.69, 9.17) is 0 Å². The Bertz CT molecular complexity index is 435. The highest BCUT2D eigenvalue weighted by Crippen LogP contribution is 2.24. The fraction of sp³-hybridized carbons (Fsp3) is 0.444. The molecule has 2 heterocycles. The van der Waals surface area contributed by atoms with Crippen LogP contribution in [0.1, 0.15) is 19.8 Å². The molecule has 0 aromatic carbocycles. The number of fused-ring (bicyclic) bond motifs is 1. The van der Waals surface area contributed by atoms with Crippen LogP contribution in [0.2, 0.25) is 0 Å². The van der Waals surface area contributed by atoms with Crippen LogP contribution in [0, 0.1) is 0 Å². The number of nitrogens with zero attached hydrogens (tertiary/aromatic N) is 1. The van der Waals surface area contributed by atoms with Crippen LogP contribution in [0.3, 0.4) is 0 Å². The molecule has 0 saturated heterocycles. The number of unbranched alkanes of at least 4 members (excludes halogenated alkanes) is 1. The van der Waals surface area contributed by atoms with Crippen molar-refractivity contribution in [2.75, 3.05) is 6.54 Å². The molecule has 2 aromatic rings. The van der Waals surface area contributed by atoms with Crippen molar-refractivity contribution in [2.24, 2.45) is 4.99 Å². The summed E-state index contributed by atoms with van der Waals surface area (Å²) in [7, 11) is 3.64. The second kappa shape index (κ2) is 4.35. The predicted octanol–water partition coefficient (Wildman–Crippen LogP) is 3.73. The molecule has 0 spiro atoms. The second-order valence-electron chi connectivity index (χ2n) is 2.82. The van der Waals surface area contributed by atoms with Crippen molar-refractivity contribution in [1.29, 1.82) is 0 Å². The molecule has 0 saturated carbocycles. The minimum Gasteiger partial charge on any atom is -0.272 e. The summed E-state index contributed by atoms with van der Waals surface area (Å²) in [5.74, 6) is 0. The third-order valence-corrected chi connectivity index (χ3v) is 5.34. The molecule has 0 unspecified atom stereocenters. The maximum absolute atomic E-state index is 4.60. The van der Waals surface area contributed by atoms with Crippen molar-refractivity contribution in [1.82, 2.24) is 0 Å². The van der Waals surface area contributed by atoms with E-state index in [1.54, 1.807) is 21.7 Å². The summed E-state index contributed by atoms with van der Waals surface area (Å²) >= 11 is 1.81. The Hall–Kier alpha value is -0.190. The SMILES string of the molecule is CCCCN=c1ssc2ccsc12. The summed E-state index contributed by atoms with van der Waals surface area (Å²) in [5, 5.41) is 2.15. The largest absolute Gasteiger partial charge is 0.272 e. The molecule has 0 bridgehead atoms. The van der Waals surface area contributed by atoms with E-state index in [9.17, 15) is 0 Å². The first-order valence-corrected chi connectivity index (χ1v) is 7.41. The number of hydrogen-bond acceptors (Lipinski definition) is 4. The van der Waals surface area contributed by atoms with Crippen molar-refractivity contribution in [3.63, 3.8) is 0 Å². The van der Waals surface area contributed by atoms with E-state index in [-0.39, 0.29) is 0 Å². The Morgan fingerprint density at radius 1 is 1.38 bits per heavy atom. The topological polar surface area (TPSA) is 12.4 Å². The minimum absolute atomic E-state index is 0.983. The van der Waals surface area contributed by atoms with Crippen molar-refractivity contribution < 1.29 is 0 Å². The van der Waals surface area contributed by atoms with Gasteiger partial charge in [0.15, 0.2) is 0 Å². The fourth-order valence-corrected chi connectivity index (χ4v) is 4.90. The van der Waals surface area contributed by atoms with E-state index in [0.29, 0.717) is 0 Å². The zero-order chi connectivity index (χ0) is 9.10. The van der Waals surface area contributed by atoms with Gasteiger partial charge in [0.1, 0.15) is 4.67 Å². The smallest absolute Gasteiger partial charge is 0.139 e. The Kier molecular flexibility index (Phi) is 3.14. The van der Waals surface area contributed by atoms with Gasteiger partial charge in [0.2, 0.25) is 0 Å². The molecular weight excluding hydrogens is 218 g/mol. The molecule has 13 heavy (non-hydrogen) atoms. The Morgan fingerprint density at radius 2 is 2.31 bits per heavy atom. The third-order valence-electron chi connectivity index (χ3n) is 1.80. The summed E-state index contributed by atoms with van der Waals surface area (Å²) in [6.45, 7) is 3.18. The van der Waals surface area contributed by atoms with Crippen LogP contribution in [0.25, 0.3) is 9.40 Å². The van der Waals surface area contributed by atoms with E-state index in [0.717, 1.165) is 6.54 Å².